The summed E-state index contributed by atoms with van der Waals surface area (Å²) in [6.45, 7) is 0.416. The van der Waals surface area contributed by atoms with Crippen LogP contribution in [0.3, 0.4) is 0 Å². The lowest BCUT2D eigenvalue weighted by atomic mass is 10.1. The van der Waals surface area contributed by atoms with E-state index in [2.05, 4.69) is 37.9 Å². The van der Waals surface area contributed by atoms with Crippen molar-refractivity contribution in [2.45, 2.75) is 38.3 Å². The van der Waals surface area contributed by atoms with Gasteiger partial charge in [-0.1, -0.05) is 11.6 Å². The van der Waals surface area contributed by atoms with Gasteiger partial charge >= 0.3 is 0 Å². The average molecular weight is 546 g/mol. The molecule has 0 aliphatic heterocycles. The monoisotopic (exact) mass is 545 g/mol. The molecule has 1 N–H and O–H groups in total. The summed E-state index contributed by atoms with van der Waals surface area (Å²) < 4.78 is 25.1. The van der Waals surface area contributed by atoms with Crippen LogP contribution in [0.15, 0.2) is 60.3 Å². The Morgan fingerprint density at radius 2 is 2.13 bits per heavy atom. The van der Waals surface area contributed by atoms with Crippen LogP contribution in [-0.2, 0) is 19.5 Å². The van der Waals surface area contributed by atoms with E-state index in [1.54, 1.807) is 17.1 Å². The molecule has 1 aliphatic carbocycles. The van der Waals surface area contributed by atoms with Crippen molar-refractivity contribution < 1.29 is 13.6 Å². The number of pyridine rings is 2. The van der Waals surface area contributed by atoms with Crippen LogP contribution in [0, 0.1) is 5.82 Å². The molecule has 0 spiro atoms. The standard InChI is InChI=1S/C26H21ClFN9O2/c27-20-3-4-35-13-30-21(24(35)23(20)28)8-29-26(38)18-7-32-37(10-18)12-19-11-36-9-17(15-1-2-15)5-16(25(36)33-19)6-22-34-31-14-39-22/h3-5,7,9-11,13-15H,1-2,6,8,12H2,(H,29,38). The summed E-state index contributed by atoms with van der Waals surface area (Å²) in [4.78, 5) is 21.8. The Labute approximate surface area is 225 Å². The molecule has 6 aromatic heterocycles. The Hall–Kier alpha value is -4.58. The van der Waals surface area contributed by atoms with Crippen molar-refractivity contribution in [1.29, 1.82) is 0 Å². The number of nitrogens with zero attached hydrogens (tertiary/aromatic N) is 8. The van der Waals surface area contributed by atoms with Gasteiger partial charge in [-0.25, -0.2) is 14.4 Å². The molecule has 1 fully saturated rings. The minimum atomic E-state index is -0.578. The number of fused-ring (bicyclic) bond motifs is 2. The van der Waals surface area contributed by atoms with Crippen molar-refractivity contribution in [3.63, 3.8) is 0 Å². The van der Waals surface area contributed by atoms with Gasteiger partial charge in [0.1, 0.15) is 11.2 Å². The van der Waals surface area contributed by atoms with Crippen LogP contribution in [0.25, 0.3) is 11.2 Å². The van der Waals surface area contributed by atoms with Crippen molar-refractivity contribution in [2.24, 2.45) is 0 Å². The van der Waals surface area contributed by atoms with E-state index in [0.717, 1.165) is 16.9 Å². The second kappa shape index (κ2) is 9.31. The predicted molar refractivity (Wildman–Crippen MR) is 137 cm³/mol. The third-order valence-corrected chi connectivity index (χ3v) is 7.09. The molecule has 7 rings (SSSR count). The molecule has 0 bridgehead atoms. The number of aromatic nitrogens is 8. The molecular formula is C26H21ClFN9O2. The Balaban J connectivity index is 1.08. The lowest BCUT2D eigenvalue weighted by Gasteiger charge is -2.05. The van der Waals surface area contributed by atoms with Gasteiger partial charge < -0.3 is 18.5 Å². The highest BCUT2D eigenvalue weighted by atomic mass is 35.5. The van der Waals surface area contributed by atoms with Gasteiger partial charge in [-0.3, -0.25) is 9.48 Å². The van der Waals surface area contributed by atoms with Crippen molar-refractivity contribution in [3.05, 3.63) is 101 Å². The van der Waals surface area contributed by atoms with Crippen LogP contribution >= 0.6 is 11.6 Å². The number of rotatable bonds is 8. The summed E-state index contributed by atoms with van der Waals surface area (Å²) >= 11 is 5.90. The molecule has 0 saturated heterocycles. The van der Waals surface area contributed by atoms with E-state index in [9.17, 15) is 9.18 Å². The zero-order valence-corrected chi connectivity index (χ0v) is 21.2. The Bertz CT molecular complexity index is 1840. The topological polar surface area (TPSA) is 120 Å². The van der Waals surface area contributed by atoms with Gasteiger partial charge in [0.2, 0.25) is 12.3 Å². The number of imidazole rings is 2. The molecule has 6 aromatic rings. The number of carbonyl (C=O) groups is 1. The predicted octanol–water partition coefficient (Wildman–Crippen LogP) is 3.80. The maximum absolute atomic E-state index is 14.5. The van der Waals surface area contributed by atoms with Gasteiger partial charge in [0, 0.05) is 30.4 Å². The number of amides is 1. The van der Waals surface area contributed by atoms with Gasteiger partial charge in [0.25, 0.3) is 5.91 Å². The summed E-state index contributed by atoms with van der Waals surface area (Å²) in [5, 5.41) is 14.9. The summed E-state index contributed by atoms with van der Waals surface area (Å²) in [6.07, 6.45) is 14.5. The largest absolute Gasteiger partial charge is 0.428 e. The molecule has 0 radical (unpaired) electrons. The first-order valence-electron chi connectivity index (χ1n) is 12.4. The lowest BCUT2D eigenvalue weighted by Crippen LogP contribution is -2.22. The van der Waals surface area contributed by atoms with E-state index in [4.69, 9.17) is 21.0 Å². The number of hydrogen-bond acceptors (Lipinski definition) is 7. The van der Waals surface area contributed by atoms with Gasteiger partial charge in [-0.05, 0) is 36.5 Å². The fourth-order valence-corrected chi connectivity index (χ4v) is 4.89. The molecule has 13 heteroatoms. The number of nitrogens with one attached hydrogen (secondary N) is 1. The number of carbonyl (C=O) groups excluding carboxylic acids is 1. The van der Waals surface area contributed by atoms with E-state index in [1.165, 1.54) is 47.8 Å². The molecule has 11 nitrogen and oxygen atoms in total. The highest BCUT2D eigenvalue weighted by Gasteiger charge is 2.25. The van der Waals surface area contributed by atoms with Gasteiger partial charge in [-0.2, -0.15) is 5.10 Å². The number of halogens is 2. The van der Waals surface area contributed by atoms with E-state index in [0.29, 0.717) is 36.0 Å². The smallest absolute Gasteiger partial charge is 0.254 e. The van der Waals surface area contributed by atoms with Crippen LogP contribution in [0.2, 0.25) is 5.02 Å². The molecular weight excluding hydrogens is 525 g/mol. The molecule has 0 atom stereocenters. The van der Waals surface area contributed by atoms with E-state index >= 15 is 0 Å². The first-order valence-corrected chi connectivity index (χ1v) is 12.8. The first kappa shape index (κ1) is 23.5. The maximum Gasteiger partial charge on any atom is 0.254 e. The molecule has 1 amide bonds. The van der Waals surface area contributed by atoms with Crippen LogP contribution in [0.5, 0.6) is 0 Å². The molecule has 6 heterocycles. The van der Waals surface area contributed by atoms with Crippen molar-refractivity contribution in [3.8, 4) is 0 Å². The van der Waals surface area contributed by atoms with Crippen molar-refractivity contribution >= 4 is 28.7 Å². The highest BCUT2D eigenvalue weighted by molar-refractivity contribution is 6.31. The second-order valence-electron chi connectivity index (χ2n) is 9.58. The molecule has 39 heavy (non-hydrogen) atoms. The zero-order chi connectivity index (χ0) is 26.5. The van der Waals surface area contributed by atoms with Gasteiger partial charge in [0.05, 0.1) is 54.0 Å². The molecule has 0 aromatic carbocycles. The Morgan fingerprint density at radius 1 is 1.23 bits per heavy atom. The summed E-state index contributed by atoms with van der Waals surface area (Å²) in [5.74, 6) is 0.176. The molecule has 196 valence electrons. The number of hydrogen-bond donors (Lipinski definition) is 1. The Morgan fingerprint density at radius 3 is 2.95 bits per heavy atom. The zero-order valence-electron chi connectivity index (χ0n) is 20.5. The SMILES string of the molecule is O=C(NCc1ncn2ccc(Cl)c(F)c12)c1cnn(Cc2cn3cc(C4CC4)cc(Cc4nnco4)c3n2)c1. The summed E-state index contributed by atoms with van der Waals surface area (Å²) in [6, 6.07) is 3.62. The molecule has 0 unspecified atom stereocenters. The normalized spacial score (nSPS) is 13.5. The fourth-order valence-electron chi connectivity index (χ4n) is 4.74. The van der Waals surface area contributed by atoms with Crippen molar-refractivity contribution in [1.82, 2.24) is 44.1 Å². The van der Waals surface area contributed by atoms with Crippen LogP contribution in [0.4, 0.5) is 4.39 Å². The quantitative estimate of drug-likeness (QED) is 0.309. The highest BCUT2D eigenvalue weighted by Crippen LogP contribution is 2.40. The van der Waals surface area contributed by atoms with Crippen LogP contribution < -0.4 is 5.32 Å². The fraction of sp³-hybridized carbons (Fsp3) is 0.231. The minimum Gasteiger partial charge on any atom is -0.428 e. The van der Waals surface area contributed by atoms with Crippen LogP contribution in [-0.4, -0.2) is 44.7 Å². The van der Waals surface area contributed by atoms with E-state index in [-0.39, 0.29) is 23.0 Å². The molecule has 1 aliphatic rings. The summed E-state index contributed by atoms with van der Waals surface area (Å²) in [7, 11) is 0. The van der Waals surface area contributed by atoms with Crippen LogP contribution in [0.1, 0.15) is 57.5 Å². The lowest BCUT2D eigenvalue weighted by molar-refractivity contribution is 0.0950. The first-order chi connectivity index (χ1) is 19.0. The third-order valence-electron chi connectivity index (χ3n) is 6.80. The molecule has 1 saturated carbocycles. The third kappa shape index (κ3) is 4.52. The second-order valence-corrected chi connectivity index (χ2v) is 9.99. The van der Waals surface area contributed by atoms with Gasteiger partial charge in [0.15, 0.2) is 5.82 Å². The summed E-state index contributed by atoms with van der Waals surface area (Å²) in [5.41, 5.74) is 4.87. The van der Waals surface area contributed by atoms with Gasteiger partial charge in [-0.15, -0.1) is 10.2 Å². The average Bonchev–Trinajstić information content (AvgIpc) is 3.30. The van der Waals surface area contributed by atoms with E-state index < -0.39 is 5.82 Å². The minimum absolute atomic E-state index is 0.00526. The Kier molecular flexibility index (Phi) is 5.62. The van der Waals surface area contributed by atoms with Crippen molar-refractivity contribution in [2.75, 3.05) is 0 Å². The maximum atomic E-state index is 14.5. The van der Waals surface area contributed by atoms with E-state index in [1.807, 2.05) is 10.6 Å².